The summed E-state index contributed by atoms with van der Waals surface area (Å²) in [5.74, 6) is 0.150. The van der Waals surface area contributed by atoms with Gasteiger partial charge >= 0.3 is 0 Å². The third-order valence-electron chi connectivity index (χ3n) is 4.45. The molecule has 138 valence electrons. The van der Waals surface area contributed by atoms with E-state index in [9.17, 15) is 10.1 Å². The molecule has 1 amide bonds. The van der Waals surface area contributed by atoms with Crippen LogP contribution in [0.25, 0.3) is 0 Å². The van der Waals surface area contributed by atoms with Crippen molar-refractivity contribution >= 4 is 28.8 Å². The summed E-state index contributed by atoms with van der Waals surface area (Å²) < 4.78 is 11.0. The molecule has 1 aliphatic heterocycles. The summed E-state index contributed by atoms with van der Waals surface area (Å²) in [5.41, 5.74) is 1.55. The first-order chi connectivity index (χ1) is 13.0. The van der Waals surface area contributed by atoms with Gasteiger partial charge < -0.3 is 19.8 Å². The van der Waals surface area contributed by atoms with Crippen molar-refractivity contribution < 1.29 is 13.9 Å². The molecule has 0 saturated carbocycles. The molecule has 0 spiro atoms. The monoisotopic (exact) mass is 381 g/mol. The topological polar surface area (TPSA) is 87.3 Å². The van der Waals surface area contributed by atoms with Crippen molar-refractivity contribution in [2.45, 2.75) is 19.8 Å². The zero-order chi connectivity index (χ0) is 19.6. The molecular weight excluding hydrogens is 362 g/mol. The Labute approximate surface area is 162 Å². The van der Waals surface area contributed by atoms with Crippen molar-refractivity contribution in [3.63, 3.8) is 0 Å². The van der Waals surface area contributed by atoms with E-state index < -0.39 is 11.8 Å². The highest BCUT2D eigenvalue weighted by Gasteiger charge is 2.40. The molecule has 27 heavy (non-hydrogen) atoms. The summed E-state index contributed by atoms with van der Waals surface area (Å²) in [6.45, 7) is 3.58. The second-order valence-electron chi connectivity index (χ2n) is 6.22. The standard InChI is InChI=1S/C20H19N3O3S/c1-11-8-9-16(26-11)18-13(10-21)20(27)22-12(2)17(18)19(24)23-14-6-4-5-7-15(14)25-3/h4-9,13,18H,1-3H3,(H,22,27)(H,23,24). The summed E-state index contributed by atoms with van der Waals surface area (Å²) in [7, 11) is 1.54. The van der Waals surface area contributed by atoms with Crippen molar-refractivity contribution in [1.29, 1.82) is 5.26 Å². The number of aryl methyl sites for hydroxylation is 1. The van der Waals surface area contributed by atoms with Crippen LogP contribution in [0, 0.1) is 24.2 Å². The van der Waals surface area contributed by atoms with Gasteiger partial charge in [0.2, 0.25) is 0 Å². The Kier molecular flexibility index (Phi) is 5.28. The number of methoxy groups -OCH3 is 1. The summed E-state index contributed by atoms with van der Waals surface area (Å²) in [6, 6.07) is 12.9. The lowest BCUT2D eigenvalue weighted by Gasteiger charge is -2.31. The molecule has 3 rings (SSSR count). The van der Waals surface area contributed by atoms with E-state index in [-0.39, 0.29) is 5.91 Å². The van der Waals surface area contributed by atoms with Crippen LogP contribution in [0.3, 0.4) is 0 Å². The first-order valence-electron chi connectivity index (χ1n) is 8.38. The first-order valence-corrected chi connectivity index (χ1v) is 8.79. The molecule has 0 saturated heterocycles. The van der Waals surface area contributed by atoms with Crippen molar-refractivity contribution in [3.05, 3.63) is 59.2 Å². The normalized spacial score (nSPS) is 19.3. The van der Waals surface area contributed by atoms with E-state index in [1.165, 1.54) is 7.11 Å². The predicted octanol–water partition coefficient (Wildman–Crippen LogP) is 3.66. The fraction of sp³-hybridized carbons (Fsp3) is 0.250. The summed E-state index contributed by atoms with van der Waals surface area (Å²) >= 11 is 5.33. The van der Waals surface area contributed by atoms with Crippen molar-refractivity contribution in [2.24, 2.45) is 5.92 Å². The molecule has 0 aliphatic carbocycles. The molecule has 0 bridgehead atoms. The van der Waals surface area contributed by atoms with Crippen molar-refractivity contribution in [1.82, 2.24) is 5.32 Å². The fourth-order valence-electron chi connectivity index (χ4n) is 3.19. The van der Waals surface area contributed by atoms with Gasteiger partial charge in [0, 0.05) is 11.3 Å². The number of nitriles is 1. The number of anilines is 1. The van der Waals surface area contributed by atoms with E-state index >= 15 is 0 Å². The van der Waals surface area contributed by atoms with E-state index in [4.69, 9.17) is 21.4 Å². The second-order valence-corrected chi connectivity index (χ2v) is 6.66. The van der Waals surface area contributed by atoms with Crippen LogP contribution in [0.2, 0.25) is 0 Å². The number of benzene rings is 1. The third kappa shape index (κ3) is 3.57. The Bertz CT molecular complexity index is 971. The molecule has 2 atom stereocenters. The number of thiocarbonyl (C=S) groups is 1. The third-order valence-corrected chi connectivity index (χ3v) is 4.80. The number of hydrogen-bond donors (Lipinski definition) is 2. The van der Waals surface area contributed by atoms with Crippen LogP contribution in [0.4, 0.5) is 5.69 Å². The van der Waals surface area contributed by atoms with Crippen LogP contribution in [0.5, 0.6) is 5.75 Å². The van der Waals surface area contributed by atoms with Gasteiger partial charge in [-0.15, -0.1) is 0 Å². The van der Waals surface area contributed by atoms with Gasteiger partial charge in [0.05, 0.1) is 29.8 Å². The minimum Gasteiger partial charge on any atom is -0.495 e. The van der Waals surface area contributed by atoms with Gasteiger partial charge in [-0.05, 0) is 38.1 Å². The minimum absolute atomic E-state index is 0.341. The molecular formula is C20H19N3O3S. The average molecular weight is 381 g/mol. The van der Waals surface area contributed by atoms with E-state index in [1.54, 1.807) is 37.3 Å². The Balaban J connectivity index is 2.04. The largest absolute Gasteiger partial charge is 0.495 e. The van der Waals surface area contributed by atoms with Gasteiger partial charge in [0.25, 0.3) is 5.91 Å². The van der Waals surface area contributed by atoms with Crippen LogP contribution in [-0.4, -0.2) is 18.0 Å². The molecule has 2 N–H and O–H groups in total. The summed E-state index contributed by atoms with van der Waals surface area (Å²) in [5, 5.41) is 15.5. The molecule has 7 heteroatoms. The van der Waals surface area contributed by atoms with Crippen molar-refractivity contribution in [3.8, 4) is 11.8 Å². The van der Waals surface area contributed by atoms with E-state index in [1.807, 2.05) is 13.0 Å². The predicted molar refractivity (Wildman–Crippen MR) is 105 cm³/mol. The zero-order valence-corrected chi connectivity index (χ0v) is 16.0. The minimum atomic E-state index is -0.701. The smallest absolute Gasteiger partial charge is 0.254 e. The molecule has 1 aromatic carbocycles. The number of para-hydroxylation sites is 2. The van der Waals surface area contributed by atoms with E-state index in [2.05, 4.69) is 16.7 Å². The Morgan fingerprint density at radius 3 is 2.67 bits per heavy atom. The highest BCUT2D eigenvalue weighted by Crippen LogP contribution is 2.39. The maximum absolute atomic E-state index is 13.1. The number of hydrogen-bond acceptors (Lipinski definition) is 5. The van der Waals surface area contributed by atoms with Gasteiger partial charge in [0.15, 0.2) is 0 Å². The van der Waals surface area contributed by atoms with Crippen LogP contribution in [0.1, 0.15) is 24.4 Å². The van der Waals surface area contributed by atoms with E-state index in [0.717, 1.165) is 0 Å². The number of amides is 1. The van der Waals surface area contributed by atoms with E-state index in [0.29, 0.717) is 39.2 Å². The van der Waals surface area contributed by atoms with Crippen LogP contribution in [0.15, 0.2) is 52.1 Å². The van der Waals surface area contributed by atoms with Gasteiger partial charge in [0.1, 0.15) is 23.2 Å². The quantitative estimate of drug-likeness (QED) is 0.786. The van der Waals surface area contributed by atoms with Crippen LogP contribution >= 0.6 is 12.2 Å². The SMILES string of the molecule is COc1ccccc1NC(=O)C1=C(C)NC(=S)C(C#N)C1c1ccc(C)o1. The zero-order valence-electron chi connectivity index (χ0n) is 15.2. The molecule has 1 aliphatic rings. The van der Waals surface area contributed by atoms with Crippen molar-refractivity contribution in [2.75, 3.05) is 12.4 Å². The number of carbonyl (C=O) groups is 1. The van der Waals surface area contributed by atoms with Crippen LogP contribution in [-0.2, 0) is 4.79 Å². The number of nitrogens with zero attached hydrogens (tertiary/aromatic N) is 1. The second kappa shape index (κ2) is 7.64. The lowest BCUT2D eigenvalue weighted by Crippen LogP contribution is -2.41. The number of ether oxygens (including phenoxy) is 1. The van der Waals surface area contributed by atoms with Gasteiger partial charge in [-0.25, -0.2) is 0 Å². The Morgan fingerprint density at radius 1 is 1.30 bits per heavy atom. The van der Waals surface area contributed by atoms with Gasteiger partial charge in [-0.1, -0.05) is 24.4 Å². The number of rotatable bonds is 4. The molecule has 2 aromatic rings. The number of allylic oxidation sites excluding steroid dienone is 1. The molecule has 2 heterocycles. The molecule has 1 aromatic heterocycles. The lowest BCUT2D eigenvalue weighted by molar-refractivity contribution is -0.113. The molecule has 2 unspecified atom stereocenters. The fourth-order valence-corrected chi connectivity index (χ4v) is 3.53. The lowest BCUT2D eigenvalue weighted by atomic mass is 9.80. The molecule has 0 radical (unpaired) electrons. The van der Waals surface area contributed by atoms with Crippen LogP contribution < -0.4 is 15.4 Å². The Morgan fingerprint density at radius 2 is 2.04 bits per heavy atom. The maximum Gasteiger partial charge on any atom is 0.254 e. The molecule has 6 nitrogen and oxygen atoms in total. The summed E-state index contributed by atoms with van der Waals surface area (Å²) in [4.78, 5) is 13.5. The first kappa shape index (κ1) is 18.7. The number of nitrogens with one attached hydrogen (secondary N) is 2. The molecule has 0 fully saturated rings. The summed E-state index contributed by atoms with van der Waals surface area (Å²) in [6.07, 6.45) is 0. The van der Waals surface area contributed by atoms with Gasteiger partial charge in [-0.3, -0.25) is 4.79 Å². The highest BCUT2D eigenvalue weighted by molar-refractivity contribution is 7.80. The Hall–Kier alpha value is -3.11. The number of furan rings is 1. The average Bonchev–Trinajstić information content (AvgIpc) is 3.07. The maximum atomic E-state index is 13.1. The highest BCUT2D eigenvalue weighted by atomic mass is 32.1. The van der Waals surface area contributed by atoms with Gasteiger partial charge in [-0.2, -0.15) is 5.26 Å². The number of carbonyl (C=O) groups excluding carboxylic acids is 1.